The number of nitrogens with zero attached hydrogens (tertiary/aromatic N) is 2. The number of halogens is 1. The fraction of sp³-hybridized carbons (Fsp3) is 0.0500. The molecule has 0 atom stereocenters. The van der Waals surface area contributed by atoms with Gasteiger partial charge in [-0.1, -0.05) is 35.9 Å². The first kappa shape index (κ1) is 17.6. The van der Waals surface area contributed by atoms with Gasteiger partial charge in [0.1, 0.15) is 18.1 Å². The Bertz CT molecular complexity index is 896. The highest BCUT2D eigenvalue weighted by atomic mass is 35.5. The summed E-state index contributed by atoms with van der Waals surface area (Å²) in [7, 11) is 0. The molecule has 0 unspecified atom stereocenters. The molecule has 0 aliphatic carbocycles. The number of rotatable bonds is 6. The molecule has 3 aromatic rings. The van der Waals surface area contributed by atoms with E-state index in [4.69, 9.17) is 16.3 Å². The molecule has 0 aliphatic heterocycles. The van der Waals surface area contributed by atoms with Crippen LogP contribution in [0.1, 0.15) is 21.6 Å². The SMILES string of the molecule is O=C(N/N=C/c1ccc(OCc2ccccc2Cl)cc1)c1ccccn1. The second-order valence-electron chi connectivity index (χ2n) is 5.36. The maximum absolute atomic E-state index is 11.8. The van der Waals surface area contributed by atoms with Crippen LogP contribution in [0.25, 0.3) is 0 Å². The summed E-state index contributed by atoms with van der Waals surface area (Å²) >= 11 is 6.11. The zero-order valence-corrected chi connectivity index (χ0v) is 14.6. The van der Waals surface area contributed by atoms with Gasteiger partial charge < -0.3 is 4.74 Å². The van der Waals surface area contributed by atoms with Crippen molar-refractivity contribution in [1.82, 2.24) is 10.4 Å². The van der Waals surface area contributed by atoms with Gasteiger partial charge in [0.2, 0.25) is 0 Å². The number of pyridine rings is 1. The van der Waals surface area contributed by atoms with Crippen molar-refractivity contribution in [3.8, 4) is 5.75 Å². The number of hydrogen-bond donors (Lipinski definition) is 1. The Morgan fingerprint density at radius 2 is 1.85 bits per heavy atom. The maximum Gasteiger partial charge on any atom is 0.289 e. The maximum atomic E-state index is 11.8. The Kier molecular flexibility index (Phi) is 5.96. The lowest BCUT2D eigenvalue weighted by molar-refractivity contribution is 0.0950. The Hall–Kier alpha value is -3.18. The molecule has 6 heteroatoms. The van der Waals surface area contributed by atoms with Crippen LogP contribution in [0.4, 0.5) is 0 Å². The van der Waals surface area contributed by atoms with E-state index in [2.05, 4.69) is 15.5 Å². The minimum Gasteiger partial charge on any atom is -0.489 e. The molecule has 0 aliphatic rings. The molecule has 1 N–H and O–H groups in total. The number of ether oxygens (including phenoxy) is 1. The number of hydrazone groups is 1. The van der Waals surface area contributed by atoms with E-state index < -0.39 is 0 Å². The molecule has 1 aromatic heterocycles. The van der Waals surface area contributed by atoms with Gasteiger partial charge in [0.05, 0.1) is 6.21 Å². The summed E-state index contributed by atoms with van der Waals surface area (Å²) in [5.41, 5.74) is 4.51. The van der Waals surface area contributed by atoms with Crippen molar-refractivity contribution in [1.29, 1.82) is 0 Å². The molecule has 26 heavy (non-hydrogen) atoms. The first-order valence-corrected chi connectivity index (χ1v) is 8.31. The Labute approximate surface area is 156 Å². The monoisotopic (exact) mass is 365 g/mol. The van der Waals surface area contributed by atoms with Crippen LogP contribution in [0.3, 0.4) is 0 Å². The highest BCUT2D eigenvalue weighted by Crippen LogP contribution is 2.18. The minimum atomic E-state index is -0.360. The normalized spacial score (nSPS) is 10.7. The van der Waals surface area contributed by atoms with E-state index in [0.29, 0.717) is 17.3 Å². The van der Waals surface area contributed by atoms with Crippen LogP contribution in [0.5, 0.6) is 5.75 Å². The third-order valence-corrected chi connectivity index (χ3v) is 3.88. The lowest BCUT2D eigenvalue weighted by Gasteiger charge is -2.07. The molecule has 0 spiro atoms. The van der Waals surface area contributed by atoms with E-state index >= 15 is 0 Å². The smallest absolute Gasteiger partial charge is 0.289 e. The largest absolute Gasteiger partial charge is 0.489 e. The van der Waals surface area contributed by atoms with Crippen molar-refractivity contribution >= 4 is 23.7 Å². The highest BCUT2D eigenvalue weighted by molar-refractivity contribution is 6.31. The molecular formula is C20H16ClN3O2. The van der Waals surface area contributed by atoms with Crippen LogP contribution < -0.4 is 10.2 Å². The topological polar surface area (TPSA) is 63.6 Å². The van der Waals surface area contributed by atoms with Crippen molar-refractivity contribution in [3.63, 3.8) is 0 Å². The third kappa shape index (κ3) is 4.91. The number of amides is 1. The van der Waals surface area contributed by atoms with Gasteiger partial charge in [0, 0.05) is 16.8 Å². The summed E-state index contributed by atoms with van der Waals surface area (Å²) < 4.78 is 5.72. The zero-order valence-electron chi connectivity index (χ0n) is 13.8. The quantitative estimate of drug-likeness (QED) is 0.529. The number of benzene rings is 2. The van der Waals surface area contributed by atoms with Gasteiger partial charge in [-0.3, -0.25) is 9.78 Å². The van der Waals surface area contributed by atoms with E-state index in [0.717, 1.165) is 16.9 Å². The van der Waals surface area contributed by atoms with Crippen molar-refractivity contribution in [2.75, 3.05) is 0 Å². The lowest BCUT2D eigenvalue weighted by atomic mass is 10.2. The third-order valence-electron chi connectivity index (χ3n) is 3.51. The number of nitrogens with one attached hydrogen (secondary N) is 1. The van der Waals surface area contributed by atoms with Crippen molar-refractivity contribution in [3.05, 3.63) is 94.8 Å². The van der Waals surface area contributed by atoms with Gasteiger partial charge in [-0.2, -0.15) is 5.10 Å². The molecule has 3 rings (SSSR count). The van der Waals surface area contributed by atoms with E-state index in [1.54, 1.807) is 30.6 Å². The van der Waals surface area contributed by atoms with Gasteiger partial charge in [0.25, 0.3) is 5.91 Å². The van der Waals surface area contributed by atoms with Crippen LogP contribution in [0.15, 0.2) is 78.0 Å². The van der Waals surface area contributed by atoms with Crippen LogP contribution in [0, 0.1) is 0 Å². The van der Waals surface area contributed by atoms with E-state index in [9.17, 15) is 4.79 Å². The second kappa shape index (κ2) is 8.78. The van der Waals surface area contributed by atoms with Gasteiger partial charge in [-0.05, 0) is 48.0 Å². The summed E-state index contributed by atoms with van der Waals surface area (Å²) in [5.74, 6) is 0.362. The molecule has 0 bridgehead atoms. The van der Waals surface area contributed by atoms with Gasteiger partial charge in [-0.15, -0.1) is 0 Å². The van der Waals surface area contributed by atoms with Crippen molar-refractivity contribution in [2.45, 2.75) is 6.61 Å². The highest BCUT2D eigenvalue weighted by Gasteiger charge is 2.03. The van der Waals surface area contributed by atoms with E-state index in [1.807, 2.05) is 48.5 Å². The molecule has 130 valence electrons. The van der Waals surface area contributed by atoms with Crippen LogP contribution in [-0.2, 0) is 6.61 Å². The summed E-state index contributed by atoms with van der Waals surface area (Å²) in [5, 5.41) is 4.61. The summed E-state index contributed by atoms with van der Waals surface area (Å²) in [6, 6.07) is 20.0. The Morgan fingerprint density at radius 3 is 2.58 bits per heavy atom. The molecule has 0 radical (unpaired) electrons. The minimum absolute atomic E-state index is 0.313. The van der Waals surface area contributed by atoms with Gasteiger partial charge >= 0.3 is 0 Å². The Morgan fingerprint density at radius 1 is 1.08 bits per heavy atom. The molecule has 1 amide bonds. The first-order chi connectivity index (χ1) is 12.7. The number of carbonyl (C=O) groups is 1. The summed E-state index contributed by atoms with van der Waals surface area (Å²) in [4.78, 5) is 15.8. The van der Waals surface area contributed by atoms with Gasteiger partial charge in [-0.25, -0.2) is 5.43 Å². The summed E-state index contributed by atoms with van der Waals surface area (Å²) in [6.07, 6.45) is 3.11. The molecule has 0 fully saturated rings. The molecule has 1 heterocycles. The molecule has 0 saturated carbocycles. The lowest BCUT2D eigenvalue weighted by Crippen LogP contribution is -2.18. The van der Waals surface area contributed by atoms with Crippen LogP contribution in [-0.4, -0.2) is 17.1 Å². The van der Waals surface area contributed by atoms with Gasteiger partial charge in [0.15, 0.2) is 0 Å². The average molecular weight is 366 g/mol. The standard InChI is InChI=1S/C20H16ClN3O2/c21-18-6-2-1-5-16(18)14-26-17-10-8-15(9-11-17)13-23-24-20(25)19-7-3-4-12-22-19/h1-13H,14H2,(H,24,25)/b23-13+. The van der Waals surface area contributed by atoms with Crippen LogP contribution in [0.2, 0.25) is 5.02 Å². The first-order valence-electron chi connectivity index (χ1n) is 7.93. The number of carbonyl (C=O) groups excluding carboxylic acids is 1. The average Bonchev–Trinajstić information content (AvgIpc) is 2.69. The summed E-state index contributed by atoms with van der Waals surface area (Å²) in [6.45, 7) is 0.396. The second-order valence-corrected chi connectivity index (χ2v) is 5.77. The fourth-order valence-electron chi connectivity index (χ4n) is 2.15. The van der Waals surface area contributed by atoms with Crippen molar-refractivity contribution in [2.24, 2.45) is 5.10 Å². The zero-order chi connectivity index (χ0) is 18.2. The number of aromatic nitrogens is 1. The predicted molar refractivity (Wildman–Crippen MR) is 102 cm³/mol. The predicted octanol–water partition coefficient (Wildman–Crippen LogP) is 4.08. The number of hydrogen-bond acceptors (Lipinski definition) is 4. The van der Waals surface area contributed by atoms with E-state index in [-0.39, 0.29) is 5.91 Å². The van der Waals surface area contributed by atoms with Crippen molar-refractivity contribution < 1.29 is 9.53 Å². The molecule has 2 aromatic carbocycles. The van der Waals surface area contributed by atoms with E-state index in [1.165, 1.54) is 0 Å². The molecule has 5 nitrogen and oxygen atoms in total. The molecular weight excluding hydrogens is 350 g/mol. The molecule has 0 saturated heterocycles. The van der Waals surface area contributed by atoms with Crippen LogP contribution >= 0.6 is 11.6 Å². The Balaban J connectivity index is 1.53. The fourth-order valence-corrected chi connectivity index (χ4v) is 2.34.